The molecule has 1 N–H and O–H groups in total. The molecule has 6 nitrogen and oxygen atoms in total. The molecule has 0 saturated heterocycles. The first-order valence-electron chi connectivity index (χ1n) is 6.83. The third kappa shape index (κ3) is 3.73. The number of anilines is 1. The lowest BCUT2D eigenvalue weighted by Gasteiger charge is -2.11. The highest BCUT2D eigenvalue weighted by molar-refractivity contribution is 8.00. The van der Waals surface area contributed by atoms with Gasteiger partial charge in [0.25, 0.3) is 0 Å². The van der Waals surface area contributed by atoms with Gasteiger partial charge in [0, 0.05) is 18.3 Å². The number of rotatable bonds is 5. The normalized spacial score (nSPS) is 12.0. The minimum atomic E-state index is -0.310. The second kappa shape index (κ2) is 6.74. The highest BCUT2D eigenvalue weighted by atomic mass is 32.2. The van der Waals surface area contributed by atoms with Crippen LogP contribution in [0, 0.1) is 6.92 Å². The molecule has 1 unspecified atom stereocenters. The molecule has 1 heterocycles. The summed E-state index contributed by atoms with van der Waals surface area (Å²) in [7, 11) is 1.86. The Kier molecular flexibility index (Phi) is 4.97. The summed E-state index contributed by atoms with van der Waals surface area (Å²) in [5.41, 5.74) is 1.28. The molecule has 7 heteroatoms. The highest BCUT2D eigenvalue weighted by Crippen LogP contribution is 2.22. The number of nitrogens with zero attached hydrogens (tertiary/aromatic N) is 3. The van der Waals surface area contributed by atoms with Gasteiger partial charge in [-0.1, -0.05) is 11.8 Å². The molecule has 0 aliphatic heterocycles. The monoisotopic (exact) mass is 318 g/mol. The lowest BCUT2D eigenvalue weighted by atomic mass is 10.1. The molecular weight excluding hydrogens is 300 g/mol. The number of carbonyl (C=O) groups is 2. The molecule has 0 aliphatic rings. The zero-order valence-electron chi connectivity index (χ0n) is 13.0. The van der Waals surface area contributed by atoms with Gasteiger partial charge >= 0.3 is 0 Å². The first kappa shape index (κ1) is 16.2. The number of hydrogen-bond acceptors (Lipinski definition) is 5. The number of nitrogens with one attached hydrogen (secondary N) is 1. The van der Waals surface area contributed by atoms with E-state index in [1.54, 1.807) is 24.3 Å². The van der Waals surface area contributed by atoms with E-state index >= 15 is 0 Å². The van der Waals surface area contributed by atoms with Crippen LogP contribution in [0.25, 0.3) is 0 Å². The summed E-state index contributed by atoms with van der Waals surface area (Å²) >= 11 is 1.35. The molecule has 0 saturated carbocycles. The standard InChI is InChI=1S/C15H18N4O2S/c1-9(20)12-5-7-13(8-6-12)16-14(21)10(2)22-15-18-17-11(3)19(15)4/h5-8,10H,1-4H3,(H,16,21). The smallest absolute Gasteiger partial charge is 0.237 e. The number of ketones is 1. The Morgan fingerprint density at radius 1 is 1.23 bits per heavy atom. The number of hydrogen-bond donors (Lipinski definition) is 1. The number of thioether (sulfide) groups is 1. The van der Waals surface area contributed by atoms with E-state index in [4.69, 9.17) is 0 Å². The maximum atomic E-state index is 12.2. The summed E-state index contributed by atoms with van der Waals surface area (Å²) in [6, 6.07) is 6.83. The van der Waals surface area contributed by atoms with Gasteiger partial charge in [-0.2, -0.15) is 0 Å². The molecule has 1 atom stereocenters. The van der Waals surface area contributed by atoms with Crippen molar-refractivity contribution in [2.75, 3.05) is 5.32 Å². The maximum absolute atomic E-state index is 12.2. The summed E-state index contributed by atoms with van der Waals surface area (Å²) in [6.45, 7) is 5.18. The van der Waals surface area contributed by atoms with E-state index in [2.05, 4.69) is 15.5 Å². The zero-order valence-corrected chi connectivity index (χ0v) is 13.8. The summed E-state index contributed by atoms with van der Waals surface area (Å²) in [6.07, 6.45) is 0. The molecule has 2 rings (SSSR count). The molecule has 0 radical (unpaired) electrons. The van der Waals surface area contributed by atoms with Crippen molar-refractivity contribution < 1.29 is 9.59 Å². The van der Waals surface area contributed by atoms with Gasteiger partial charge in [-0.15, -0.1) is 10.2 Å². The van der Waals surface area contributed by atoms with Gasteiger partial charge in [0.2, 0.25) is 5.91 Å². The van der Waals surface area contributed by atoms with Crippen molar-refractivity contribution in [1.29, 1.82) is 0 Å². The van der Waals surface area contributed by atoms with Crippen LogP contribution in [0.2, 0.25) is 0 Å². The van der Waals surface area contributed by atoms with Crippen LogP contribution in [0.4, 0.5) is 5.69 Å². The van der Waals surface area contributed by atoms with Crippen molar-refractivity contribution in [3.63, 3.8) is 0 Å². The average molecular weight is 318 g/mol. The second-order valence-corrected chi connectivity index (χ2v) is 6.28. The SMILES string of the molecule is CC(=O)c1ccc(NC(=O)C(C)Sc2nnc(C)n2C)cc1. The van der Waals surface area contributed by atoms with E-state index in [1.807, 2.05) is 25.5 Å². The third-order valence-electron chi connectivity index (χ3n) is 3.26. The molecule has 0 fully saturated rings. The van der Waals surface area contributed by atoms with Crippen molar-refractivity contribution >= 4 is 29.1 Å². The third-order valence-corrected chi connectivity index (χ3v) is 4.40. The second-order valence-electron chi connectivity index (χ2n) is 4.97. The maximum Gasteiger partial charge on any atom is 0.237 e. The van der Waals surface area contributed by atoms with Crippen LogP contribution >= 0.6 is 11.8 Å². The summed E-state index contributed by atoms with van der Waals surface area (Å²) in [5, 5.41) is 11.2. The molecule has 2 aromatic rings. The van der Waals surface area contributed by atoms with E-state index in [1.165, 1.54) is 18.7 Å². The highest BCUT2D eigenvalue weighted by Gasteiger charge is 2.18. The van der Waals surface area contributed by atoms with Gasteiger partial charge in [-0.3, -0.25) is 9.59 Å². The lowest BCUT2D eigenvalue weighted by Crippen LogP contribution is -2.22. The van der Waals surface area contributed by atoms with Crippen LogP contribution < -0.4 is 5.32 Å². The first-order chi connectivity index (χ1) is 10.4. The molecule has 1 aromatic carbocycles. The van der Waals surface area contributed by atoms with E-state index in [9.17, 15) is 9.59 Å². The van der Waals surface area contributed by atoms with Gasteiger partial charge < -0.3 is 9.88 Å². The molecule has 1 aromatic heterocycles. The van der Waals surface area contributed by atoms with Gasteiger partial charge in [-0.25, -0.2) is 0 Å². The summed E-state index contributed by atoms with van der Waals surface area (Å²) in [4.78, 5) is 23.4. The van der Waals surface area contributed by atoms with Crippen molar-refractivity contribution in [3.8, 4) is 0 Å². The minimum absolute atomic E-state index is 0.000507. The van der Waals surface area contributed by atoms with Gasteiger partial charge in [0.15, 0.2) is 10.9 Å². The fourth-order valence-electron chi connectivity index (χ4n) is 1.73. The van der Waals surface area contributed by atoms with Crippen molar-refractivity contribution in [3.05, 3.63) is 35.7 Å². The topological polar surface area (TPSA) is 76.9 Å². The van der Waals surface area contributed by atoms with Crippen LogP contribution in [-0.2, 0) is 11.8 Å². The molecule has 0 aliphatic carbocycles. The quantitative estimate of drug-likeness (QED) is 0.677. The van der Waals surface area contributed by atoms with Crippen LogP contribution in [0.5, 0.6) is 0 Å². The van der Waals surface area contributed by atoms with Gasteiger partial charge in [0.05, 0.1) is 5.25 Å². The Morgan fingerprint density at radius 2 is 1.86 bits per heavy atom. The molecule has 1 amide bonds. The number of aryl methyl sites for hydroxylation is 1. The fraction of sp³-hybridized carbons (Fsp3) is 0.333. The number of aromatic nitrogens is 3. The molecule has 22 heavy (non-hydrogen) atoms. The predicted molar refractivity (Wildman–Crippen MR) is 86.1 cm³/mol. The van der Waals surface area contributed by atoms with Crippen molar-refractivity contribution in [2.24, 2.45) is 7.05 Å². The number of Topliss-reactive ketones (excluding diaryl/α,β-unsaturated/α-hetero) is 1. The minimum Gasteiger partial charge on any atom is -0.325 e. The Bertz CT molecular complexity index is 694. The van der Waals surface area contributed by atoms with E-state index in [0.29, 0.717) is 16.4 Å². The average Bonchev–Trinajstić information content (AvgIpc) is 2.79. The molecular formula is C15H18N4O2S. The van der Waals surface area contributed by atoms with Crippen LogP contribution in [0.3, 0.4) is 0 Å². The van der Waals surface area contributed by atoms with Gasteiger partial charge in [-0.05, 0) is 45.0 Å². The van der Waals surface area contributed by atoms with Crippen molar-refractivity contribution in [1.82, 2.24) is 14.8 Å². The van der Waals surface area contributed by atoms with E-state index in [-0.39, 0.29) is 16.9 Å². The van der Waals surface area contributed by atoms with E-state index in [0.717, 1.165) is 5.82 Å². The molecule has 0 spiro atoms. The number of amides is 1. The Morgan fingerprint density at radius 3 is 2.36 bits per heavy atom. The Hall–Kier alpha value is -2.15. The summed E-state index contributed by atoms with van der Waals surface area (Å²) < 4.78 is 1.84. The van der Waals surface area contributed by atoms with Crippen LogP contribution in [0.15, 0.2) is 29.4 Å². The summed E-state index contributed by atoms with van der Waals surface area (Å²) in [5.74, 6) is 0.676. The fourth-order valence-corrected chi connectivity index (χ4v) is 2.59. The Balaban J connectivity index is 1.99. The van der Waals surface area contributed by atoms with E-state index < -0.39 is 0 Å². The first-order valence-corrected chi connectivity index (χ1v) is 7.71. The van der Waals surface area contributed by atoms with Gasteiger partial charge in [0.1, 0.15) is 5.82 Å². The van der Waals surface area contributed by atoms with Crippen molar-refractivity contribution in [2.45, 2.75) is 31.2 Å². The lowest BCUT2D eigenvalue weighted by molar-refractivity contribution is -0.115. The van der Waals surface area contributed by atoms with Crippen LogP contribution in [0.1, 0.15) is 30.0 Å². The Labute approximate surface area is 133 Å². The van der Waals surface area contributed by atoms with Crippen LogP contribution in [-0.4, -0.2) is 31.7 Å². The molecule has 0 bridgehead atoms. The molecule has 116 valence electrons. The predicted octanol–water partition coefficient (Wildman–Crippen LogP) is 2.45. The number of benzene rings is 1. The largest absolute Gasteiger partial charge is 0.325 e. The zero-order chi connectivity index (χ0) is 16.3. The number of carbonyl (C=O) groups excluding carboxylic acids is 2.